The predicted octanol–water partition coefficient (Wildman–Crippen LogP) is 4.83. The van der Waals surface area contributed by atoms with E-state index in [1.165, 1.54) is 18.3 Å². The zero-order valence-electron chi connectivity index (χ0n) is 16.2. The molecular weight excluding hydrogens is 449 g/mol. The summed E-state index contributed by atoms with van der Waals surface area (Å²) < 4.78 is 17.6. The van der Waals surface area contributed by atoms with E-state index in [4.69, 9.17) is 0 Å². The molecule has 0 unspecified atom stereocenters. The van der Waals surface area contributed by atoms with E-state index in [0.29, 0.717) is 30.0 Å². The van der Waals surface area contributed by atoms with Crippen molar-refractivity contribution in [2.24, 2.45) is 0 Å². The van der Waals surface area contributed by atoms with Gasteiger partial charge < -0.3 is 5.32 Å². The SMILES string of the molecule is CCc1c(C(=O)Nc2ccnn2Cc2ccc(Br)cc2)cnn1-c1ccc(F)cc1. The van der Waals surface area contributed by atoms with Crippen molar-refractivity contribution in [3.05, 3.63) is 94.1 Å². The summed E-state index contributed by atoms with van der Waals surface area (Å²) in [6.45, 7) is 2.48. The first-order valence-electron chi connectivity index (χ1n) is 9.45. The van der Waals surface area contributed by atoms with Gasteiger partial charge in [-0.3, -0.25) is 4.79 Å². The molecule has 0 aliphatic heterocycles. The van der Waals surface area contributed by atoms with Crippen LogP contribution in [0.1, 0.15) is 28.5 Å². The molecule has 2 aromatic carbocycles. The van der Waals surface area contributed by atoms with Crippen LogP contribution in [-0.2, 0) is 13.0 Å². The first-order chi connectivity index (χ1) is 14.5. The Labute approximate surface area is 181 Å². The van der Waals surface area contributed by atoms with Gasteiger partial charge in [-0.25, -0.2) is 13.8 Å². The number of anilines is 1. The summed E-state index contributed by atoms with van der Waals surface area (Å²) in [6, 6.07) is 15.7. The minimum atomic E-state index is -0.319. The molecule has 0 saturated carbocycles. The number of halogens is 2. The molecule has 0 fully saturated rings. The van der Waals surface area contributed by atoms with Gasteiger partial charge in [-0.15, -0.1) is 0 Å². The Morgan fingerprint density at radius 1 is 1.07 bits per heavy atom. The van der Waals surface area contributed by atoms with Crippen LogP contribution in [-0.4, -0.2) is 25.5 Å². The third-order valence-electron chi connectivity index (χ3n) is 4.72. The fourth-order valence-electron chi connectivity index (χ4n) is 3.22. The third-order valence-corrected chi connectivity index (χ3v) is 5.25. The Balaban J connectivity index is 1.56. The van der Waals surface area contributed by atoms with Crippen LogP contribution in [0.2, 0.25) is 0 Å². The minimum absolute atomic E-state index is 0.266. The van der Waals surface area contributed by atoms with Crippen molar-refractivity contribution in [3.63, 3.8) is 0 Å². The maximum atomic E-state index is 13.2. The summed E-state index contributed by atoms with van der Waals surface area (Å²) in [5.74, 6) is 0.0122. The molecule has 0 bridgehead atoms. The van der Waals surface area contributed by atoms with Gasteiger partial charge in [0.1, 0.15) is 11.6 Å². The molecule has 0 spiro atoms. The molecule has 0 saturated heterocycles. The average molecular weight is 468 g/mol. The van der Waals surface area contributed by atoms with Crippen molar-refractivity contribution in [3.8, 4) is 5.69 Å². The van der Waals surface area contributed by atoms with Gasteiger partial charge in [-0.05, 0) is 48.4 Å². The van der Waals surface area contributed by atoms with E-state index in [-0.39, 0.29) is 11.7 Å². The summed E-state index contributed by atoms with van der Waals surface area (Å²) in [5, 5.41) is 11.6. The first-order valence-corrected chi connectivity index (χ1v) is 10.2. The van der Waals surface area contributed by atoms with Gasteiger partial charge in [-0.2, -0.15) is 10.2 Å². The lowest BCUT2D eigenvalue weighted by atomic mass is 10.2. The summed E-state index contributed by atoms with van der Waals surface area (Å²) >= 11 is 3.43. The molecule has 2 heterocycles. The van der Waals surface area contributed by atoms with Gasteiger partial charge in [0.15, 0.2) is 0 Å². The van der Waals surface area contributed by atoms with Crippen LogP contribution in [0, 0.1) is 5.82 Å². The second kappa shape index (κ2) is 8.62. The van der Waals surface area contributed by atoms with Crippen molar-refractivity contribution >= 4 is 27.7 Å². The molecule has 8 heteroatoms. The monoisotopic (exact) mass is 467 g/mol. The number of hydrogen-bond acceptors (Lipinski definition) is 3. The largest absolute Gasteiger partial charge is 0.307 e. The lowest BCUT2D eigenvalue weighted by Gasteiger charge is -2.10. The van der Waals surface area contributed by atoms with Gasteiger partial charge in [0.25, 0.3) is 5.91 Å². The van der Waals surface area contributed by atoms with Gasteiger partial charge in [0.2, 0.25) is 0 Å². The predicted molar refractivity (Wildman–Crippen MR) is 116 cm³/mol. The van der Waals surface area contributed by atoms with E-state index in [9.17, 15) is 9.18 Å². The topological polar surface area (TPSA) is 64.7 Å². The second-order valence-electron chi connectivity index (χ2n) is 6.70. The van der Waals surface area contributed by atoms with Crippen molar-refractivity contribution in [1.29, 1.82) is 0 Å². The third kappa shape index (κ3) is 4.18. The number of benzene rings is 2. The first kappa shape index (κ1) is 20.0. The van der Waals surface area contributed by atoms with Gasteiger partial charge in [0, 0.05) is 10.5 Å². The molecule has 4 aromatic rings. The lowest BCUT2D eigenvalue weighted by Crippen LogP contribution is -2.17. The molecule has 30 heavy (non-hydrogen) atoms. The van der Waals surface area contributed by atoms with Crippen molar-refractivity contribution < 1.29 is 9.18 Å². The maximum Gasteiger partial charge on any atom is 0.260 e. The van der Waals surface area contributed by atoms with Crippen LogP contribution in [0.4, 0.5) is 10.2 Å². The molecule has 2 aromatic heterocycles. The van der Waals surface area contributed by atoms with E-state index in [2.05, 4.69) is 31.4 Å². The zero-order chi connectivity index (χ0) is 21.1. The maximum absolute atomic E-state index is 13.2. The van der Waals surface area contributed by atoms with Crippen molar-refractivity contribution in [1.82, 2.24) is 19.6 Å². The van der Waals surface area contributed by atoms with Gasteiger partial charge >= 0.3 is 0 Å². The summed E-state index contributed by atoms with van der Waals surface area (Å²) in [5.41, 5.74) is 2.99. The molecule has 6 nitrogen and oxygen atoms in total. The number of aromatic nitrogens is 4. The molecule has 1 amide bonds. The summed E-state index contributed by atoms with van der Waals surface area (Å²) in [4.78, 5) is 13.0. The standard InChI is InChI=1S/C22H19BrFN5O/c1-2-20-19(13-26-29(20)18-9-7-17(24)8-10-18)22(30)27-21-11-12-25-28(21)14-15-3-5-16(23)6-4-15/h3-13H,2,14H2,1H3,(H,27,30). The minimum Gasteiger partial charge on any atom is -0.307 e. The number of amides is 1. The Morgan fingerprint density at radius 3 is 2.50 bits per heavy atom. The number of nitrogens with one attached hydrogen (secondary N) is 1. The quantitative estimate of drug-likeness (QED) is 0.441. The molecule has 1 N–H and O–H groups in total. The van der Waals surface area contributed by atoms with Crippen LogP contribution < -0.4 is 5.32 Å². The number of carbonyl (C=O) groups is 1. The molecule has 0 radical (unpaired) electrons. The highest BCUT2D eigenvalue weighted by atomic mass is 79.9. The smallest absolute Gasteiger partial charge is 0.260 e. The molecular formula is C22H19BrFN5O. The number of nitrogens with zero attached hydrogens (tertiary/aromatic N) is 4. The molecule has 0 aliphatic rings. The number of rotatable bonds is 6. The molecule has 0 aliphatic carbocycles. The molecule has 0 atom stereocenters. The Morgan fingerprint density at radius 2 is 1.80 bits per heavy atom. The van der Waals surface area contributed by atoms with E-state index in [1.54, 1.807) is 33.8 Å². The fraction of sp³-hybridized carbons (Fsp3) is 0.136. The van der Waals surface area contributed by atoms with Crippen molar-refractivity contribution in [2.75, 3.05) is 5.32 Å². The number of carbonyl (C=O) groups excluding carboxylic acids is 1. The highest BCUT2D eigenvalue weighted by Gasteiger charge is 2.18. The van der Waals surface area contributed by atoms with Crippen LogP contribution in [0.15, 0.2) is 71.5 Å². The Bertz CT molecular complexity index is 1170. The van der Waals surface area contributed by atoms with Crippen LogP contribution in [0.25, 0.3) is 5.69 Å². The highest BCUT2D eigenvalue weighted by molar-refractivity contribution is 9.10. The second-order valence-corrected chi connectivity index (χ2v) is 7.62. The van der Waals surface area contributed by atoms with E-state index < -0.39 is 0 Å². The molecule has 152 valence electrons. The number of hydrogen-bond donors (Lipinski definition) is 1. The van der Waals surface area contributed by atoms with Gasteiger partial charge in [0.05, 0.1) is 35.9 Å². The normalized spacial score (nSPS) is 10.9. The van der Waals surface area contributed by atoms with E-state index in [0.717, 1.165) is 15.7 Å². The van der Waals surface area contributed by atoms with Crippen LogP contribution in [0.5, 0.6) is 0 Å². The van der Waals surface area contributed by atoms with E-state index >= 15 is 0 Å². The van der Waals surface area contributed by atoms with E-state index in [1.807, 2.05) is 31.2 Å². The fourth-order valence-corrected chi connectivity index (χ4v) is 3.48. The van der Waals surface area contributed by atoms with Crippen LogP contribution in [0.3, 0.4) is 0 Å². The Kier molecular flexibility index (Phi) is 5.76. The lowest BCUT2D eigenvalue weighted by molar-refractivity contribution is 0.102. The highest BCUT2D eigenvalue weighted by Crippen LogP contribution is 2.19. The average Bonchev–Trinajstić information content (AvgIpc) is 3.37. The van der Waals surface area contributed by atoms with Gasteiger partial charge in [-0.1, -0.05) is 35.0 Å². The summed E-state index contributed by atoms with van der Waals surface area (Å²) in [7, 11) is 0. The zero-order valence-corrected chi connectivity index (χ0v) is 17.8. The Hall–Kier alpha value is -3.26. The van der Waals surface area contributed by atoms with Crippen LogP contribution >= 0.6 is 15.9 Å². The molecule has 4 rings (SSSR count). The summed E-state index contributed by atoms with van der Waals surface area (Å²) in [6.07, 6.45) is 3.78. The van der Waals surface area contributed by atoms with Crippen molar-refractivity contribution in [2.45, 2.75) is 19.9 Å².